The van der Waals surface area contributed by atoms with Gasteiger partial charge in [0.15, 0.2) is 16.3 Å². The zero-order valence-electron chi connectivity index (χ0n) is 19.9. The lowest BCUT2D eigenvalue weighted by Gasteiger charge is -2.32. The van der Waals surface area contributed by atoms with Crippen LogP contribution in [0.4, 0.5) is 5.95 Å². The summed E-state index contributed by atoms with van der Waals surface area (Å²) >= 11 is 1.58. The zero-order valence-corrected chi connectivity index (χ0v) is 20.7. The lowest BCUT2D eigenvalue weighted by molar-refractivity contribution is -0.122. The molecule has 0 bridgehead atoms. The van der Waals surface area contributed by atoms with Crippen molar-refractivity contribution in [3.63, 3.8) is 0 Å². The maximum atomic E-state index is 12.8. The number of H-pyrrole nitrogens is 1. The number of piperidine rings is 1. The average Bonchev–Trinajstić information content (AvgIpc) is 3.15. The molecule has 1 atom stereocenters. The van der Waals surface area contributed by atoms with E-state index in [0.29, 0.717) is 49.6 Å². The molecule has 3 N–H and O–H groups in total. The van der Waals surface area contributed by atoms with Crippen molar-refractivity contribution in [1.82, 2.24) is 29.1 Å². The van der Waals surface area contributed by atoms with Crippen molar-refractivity contribution in [2.75, 3.05) is 23.7 Å². The third-order valence-electron chi connectivity index (χ3n) is 6.12. The molecular weight excluding hydrogens is 456 g/mol. The van der Waals surface area contributed by atoms with E-state index in [1.54, 1.807) is 18.8 Å². The quantitative estimate of drug-likeness (QED) is 0.371. The maximum Gasteiger partial charge on any atom is 0.329 e. The van der Waals surface area contributed by atoms with Gasteiger partial charge in [-0.25, -0.2) is 14.8 Å². The van der Waals surface area contributed by atoms with Crippen molar-refractivity contribution in [1.29, 1.82) is 0 Å². The number of rotatable bonds is 7. The van der Waals surface area contributed by atoms with Crippen LogP contribution in [-0.2, 0) is 18.4 Å². The number of amides is 1. The number of nitrogens with one attached hydrogen (secondary N) is 1. The van der Waals surface area contributed by atoms with Crippen LogP contribution in [0.2, 0.25) is 0 Å². The highest BCUT2D eigenvalue weighted by molar-refractivity contribution is 7.99. The number of imidazole rings is 1. The number of primary amides is 1. The minimum atomic E-state index is -0.503. The standard InChI is InChI=1S/C22H30N8O3S/c1-12(11-34-20-24-13(2)9-14(3)25-20)10-30-16-18(28(4)22(33)27-19(16)32)26-21(30)29-7-5-15(6-8-29)17(23)31/h9,12,15H,5-8,10-11H2,1-4H3,(H2,23,31)(H,27,32,33). The number of carbonyl (C=O) groups excluding carboxylic acids is 1. The highest BCUT2D eigenvalue weighted by atomic mass is 32.2. The van der Waals surface area contributed by atoms with Gasteiger partial charge in [-0.3, -0.25) is 19.1 Å². The predicted octanol–water partition coefficient (Wildman–Crippen LogP) is 0.960. The van der Waals surface area contributed by atoms with E-state index in [4.69, 9.17) is 10.7 Å². The lowest BCUT2D eigenvalue weighted by Crippen LogP contribution is -2.40. The minimum Gasteiger partial charge on any atom is -0.369 e. The van der Waals surface area contributed by atoms with E-state index < -0.39 is 11.2 Å². The second-order valence-electron chi connectivity index (χ2n) is 9.03. The molecule has 0 aromatic carbocycles. The van der Waals surface area contributed by atoms with E-state index in [1.165, 1.54) is 4.57 Å². The van der Waals surface area contributed by atoms with E-state index in [1.807, 2.05) is 24.5 Å². The summed E-state index contributed by atoms with van der Waals surface area (Å²) in [5, 5.41) is 0.730. The number of fused-ring (bicyclic) bond motifs is 1. The van der Waals surface area contributed by atoms with Crippen LogP contribution in [-0.4, -0.2) is 53.8 Å². The molecule has 0 radical (unpaired) electrons. The fraction of sp³-hybridized carbons (Fsp3) is 0.545. The van der Waals surface area contributed by atoms with Crippen molar-refractivity contribution in [3.05, 3.63) is 38.3 Å². The van der Waals surface area contributed by atoms with Gasteiger partial charge in [0.1, 0.15) is 0 Å². The predicted molar refractivity (Wildman–Crippen MR) is 131 cm³/mol. The van der Waals surface area contributed by atoms with Crippen molar-refractivity contribution in [2.45, 2.75) is 45.3 Å². The molecule has 1 amide bonds. The van der Waals surface area contributed by atoms with Gasteiger partial charge in [0.2, 0.25) is 11.9 Å². The van der Waals surface area contributed by atoms with Crippen LogP contribution in [0.3, 0.4) is 0 Å². The number of nitrogens with zero attached hydrogens (tertiary/aromatic N) is 6. The summed E-state index contributed by atoms with van der Waals surface area (Å²) in [6.07, 6.45) is 1.26. The Bertz CT molecular complexity index is 1320. The number of thioether (sulfide) groups is 1. The molecule has 182 valence electrons. The maximum absolute atomic E-state index is 12.8. The van der Waals surface area contributed by atoms with E-state index >= 15 is 0 Å². The molecule has 1 aliphatic rings. The van der Waals surface area contributed by atoms with Crippen LogP contribution in [0, 0.1) is 25.7 Å². The van der Waals surface area contributed by atoms with Gasteiger partial charge in [-0.05, 0) is 38.7 Å². The Kier molecular flexibility index (Phi) is 6.78. The molecule has 1 aliphatic heterocycles. The molecule has 1 unspecified atom stereocenters. The second kappa shape index (κ2) is 9.61. The molecule has 3 aromatic rings. The molecule has 11 nitrogen and oxygen atoms in total. The Morgan fingerprint density at radius 2 is 1.85 bits per heavy atom. The highest BCUT2D eigenvalue weighted by Gasteiger charge is 2.28. The number of carbonyl (C=O) groups is 1. The summed E-state index contributed by atoms with van der Waals surface area (Å²) in [4.78, 5) is 54.7. The minimum absolute atomic E-state index is 0.157. The van der Waals surface area contributed by atoms with Crippen LogP contribution in [0.5, 0.6) is 0 Å². The fourth-order valence-electron chi connectivity index (χ4n) is 4.34. The first-order valence-electron chi connectivity index (χ1n) is 11.3. The molecule has 0 spiro atoms. The Labute approximate surface area is 200 Å². The van der Waals surface area contributed by atoms with Gasteiger partial charge in [-0.1, -0.05) is 18.7 Å². The molecule has 0 aliphatic carbocycles. The van der Waals surface area contributed by atoms with Crippen molar-refractivity contribution < 1.29 is 4.79 Å². The van der Waals surface area contributed by atoms with Gasteiger partial charge in [0, 0.05) is 49.7 Å². The first-order chi connectivity index (χ1) is 16.1. The first-order valence-corrected chi connectivity index (χ1v) is 12.3. The number of anilines is 1. The number of hydrogen-bond acceptors (Lipinski definition) is 8. The van der Waals surface area contributed by atoms with Crippen LogP contribution in [0.1, 0.15) is 31.2 Å². The molecule has 0 saturated carbocycles. The summed E-state index contributed by atoms with van der Waals surface area (Å²) in [5.74, 6) is 1.09. The third-order valence-corrected chi connectivity index (χ3v) is 7.30. The van der Waals surface area contributed by atoms with Gasteiger partial charge < -0.3 is 15.2 Å². The number of aryl methyl sites for hydroxylation is 3. The molecule has 4 rings (SSSR count). The van der Waals surface area contributed by atoms with E-state index in [0.717, 1.165) is 22.3 Å². The van der Waals surface area contributed by atoms with Crippen LogP contribution in [0.15, 0.2) is 20.8 Å². The monoisotopic (exact) mass is 486 g/mol. The largest absolute Gasteiger partial charge is 0.369 e. The molecule has 1 saturated heterocycles. The van der Waals surface area contributed by atoms with Gasteiger partial charge in [-0.15, -0.1) is 0 Å². The van der Waals surface area contributed by atoms with Crippen LogP contribution in [0.25, 0.3) is 11.2 Å². The van der Waals surface area contributed by atoms with Gasteiger partial charge in [0.05, 0.1) is 0 Å². The van der Waals surface area contributed by atoms with Gasteiger partial charge in [0.25, 0.3) is 5.56 Å². The molecular formula is C22H30N8O3S. The Morgan fingerprint density at radius 3 is 2.47 bits per heavy atom. The number of aromatic amines is 1. The van der Waals surface area contributed by atoms with Gasteiger partial charge >= 0.3 is 5.69 Å². The summed E-state index contributed by atoms with van der Waals surface area (Å²) in [6, 6.07) is 1.94. The van der Waals surface area contributed by atoms with Crippen molar-refractivity contribution >= 4 is 34.8 Å². The summed E-state index contributed by atoms with van der Waals surface area (Å²) < 4.78 is 3.25. The number of hydrogen-bond donors (Lipinski definition) is 2. The SMILES string of the molecule is Cc1cc(C)nc(SCC(C)Cn2c(N3CCC(C(N)=O)CC3)nc3c2c(=O)[nH]c(=O)n3C)n1. The summed E-state index contributed by atoms with van der Waals surface area (Å²) in [6.45, 7) is 7.72. The van der Waals surface area contributed by atoms with Crippen molar-refractivity contribution in [3.8, 4) is 0 Å². The Morgan fingerprint density at radius 1 is 1.21 bits per heavy atom. The normalized spacial score (nSPS) is 15.7. The van der Waals surface area contributed by atoms with Crippen LogP contribution >= 0.6 is 11.8 Å². The Balaban J connectivity index is 1.64. The second-order valence-corrected chi connectivity index (χ2v) is 10.0. The Hall–Kier alpha value is -3.15. The number of nitrogens with two attached hydrogens (primary N) is 1. The van der Waals surface area contributed by atoms with Gasteiger partial charge in [-0.2, -0.15) is 4.98 Å². The average molecular weight is 487 g/mol. The molecule has 3 aromatic heterocycles. The lowest BCUT2D eigenvalue weighted by atomic mass is 9.96. The molecule has 12 heteroatoms. The highest BCUT2D eigenvalue weighted by Crippen LogP contribution is 2.27. The zero-order chi connectivity index (χ0) is 24.6. The summed E-state index contributed by atoms with van der Waals surface area (Å²) in [5.41, 5.74) is 7.10. The van der Waals surface area contributed by atoms with Crippen LogP contribution < -0.4 is 21.9 Å². The van der Waals surface area contributed by atoms with Crippen molar-refractivity contribution in [2.24, 2.45) is 24.6 Å². The molecule has 4 heterocycles. The topological polar surface area (TPSA) is 145 Å². The molecule has 34 heavy (non-hydrogen) atoms. The van der Waals surface area contributed by atoms with E-state index in [2.05, 4.69) is 26.8 Å². The van der Waals surface area contributed by atoms with E-state index in [9.17, 15) is 14.4 Å². The first kappa shape index (κ1) is 24.0. The number of aromatic nitrogens is 6. The smallest absolute Gasteiger partial charge is 0.329 e. The molecule has 1 fully saturated rings. The van der Waals surface area contributed by atoms with E-state index in [-0.39, 0.29) is 17.7 Å². The fourth-order valence-corrected chi connectivity index (χ4v) is 5.30. The summed E-state index contributed by atoms with van der Waals surface area (Å²) in [7, 11) is 1.59. The third kappa shape index (κ3) is 4.86.